The number of rotatable bonds is 8. The summed E-state index contributed by atoms with van der Waals surface area (Å²) in [4.78, 5) is 13.2. The van der Waals surface area contributed by atoms with Crippen molar-refractivity contribution in [2.75, 3.05) is 13.1 Å². The molecule has 0 aromatic heterocycles. The summed E-state index contributed by atoms with van der Waals surface area (Å²) in [6, 6.07) is 9.53. The molecule has 5 heteroatoms. The highest BCUT2D eigenvalue weighted by Gasteiger charge is 2.22. The Balaban J connectivity index is 2.92. The molecule has 1 aromatic rings. The van der Waals surface area contributed by atoms with Crippen LogP contribution in [0, 0.1) is 0 Å². The Labute approximate surface area is 119 Å². The summed E-state index contributed by atoms with van der Waals surface area (Å²) in [6.45, 7) is 3.26. The molecule has 0 fully saturated rings. The Hall–Kier alpha value is -1.46. The van der Waals surface area contributed by atoms with E-state index in [1.54, 1.807) is 0 Å². The lowest BCUT2D eigenvalue weighted by atomic mass is 10.0. The molecule has 0 aliphatic carbocycles. The van der Waals surface area contributed by atoms with Gasteiger partial charge in [-0.2, -0.15) is 0 Å². The molecule has 0 saturated heterocycles. The Morgan fingerprint density at radius 1 is 1.37 bits per heavy atom. The maximum absolute atomic E-state index is 10.7. The van der Waals surface area contributed by atoms with Gasteiger partial charge in [0.25, 0.3) is 0 Å². The minimum atomic E-state index is -0.809. The Bertz CT molecular complexity index is 423. The van der Waals surface area contributed by atoms with Gasteiger partial charge in [-0.1, -0.05) is 49.5 Å². The average Bonchev–Trinajstić information content (AvgIpc) is 2.37. The van der Waals surface area contributed by atoms with E-state index in [0.29, 0.717) is 11.5 Å². The number of carboxylic acid groups (broad SMARTS) is 1. The fraction of sp³-hybridized carbons (Fsp3) is 0.429. The predicted molar refractivity (Wildman–Crippen MR) is 80.1 cm³/mol. The molecule has 3 N–H and O–H groups in total. The van der Waals surface area contributed by atoms with Crippen LogP contribution in [0.25, 0.3) is 0 Å². The van der Waals surface area contributed by atoms with Crippen molar-refractivity contribution in [1.29, 1.82) is 0 Å². The zero-order chi connectivity index (χ0) is 14.3. The molecule has 4 nitrogen and oxygen atoms in total. The van der Waals surface area contributed by atoms with Crippen molar-refractivity contribution in [2.24, 2.45) is 5.73 Å². The number of nitrogens with zero attached hydrogens (tertiary/aromatic N) is 1. The largest absolute Gasteiger partial charge is 0.481 e. The van der Waals surface area contributed by atoms with Gasteiger partial charge in [0.05, 0.1) is 17.5 Å². The highest BCUT2D eigenvalue weighted by atomic mass is 32.1. The van der Waals surface area contributed by atoms with Gasteiger partial charge in [0.1, 0.15) is 0 Å². The van der Waals surface area contributed by atoms with E-state index in [4.69, 9.17) is 23.1 Å². The molecular formula is C14H20N2O2S. The predicted octanol–water partition coefficient (Wildman–Crippen LogP) is 2.20. The summed E-state index contributed by atoms with van der Waals surface area (Å²) in [6.07, 6.45) is 1.01. The van der Waals surface area contributed by atoms with Crippen molar-refractivity contribution < 1.29 is 9.90 Å². The smallest absolute Gasteiger partial charge is 0.304 e. The van der Waals surface area contributed by atoms with E-state index in [1.807, 2.05) is 35.2 Å². The molecule has 1 atom stereocenters. The van der Waals surface area contributed by atoms with Gasteiger partial charge in [-0.05, 0) is 18.5 Å². The maximum Gasteiger partial charge on any atom is 0.304 e. The summed E-state index contributed by atoms with van der Waals surface area (Å²) in [7, 11) is 0. The highest BCUT2D eigenvalue weighted by molar-refractivity contribution is 7.80. The molecule has 1 aromatic carbocycles. The van der Waals surface area contributed by atoms with E-state index in [9.17, 15) is 4.79 Å². The Morgan fingerprint density at radius 2 is 2.00 bits per heavy atom. The van der Waals surface area contributed by atoms with Gasteiger partial charge < -0.3 is 10.8 Å². The molecule has 0 spiro atoms. The molecule has 0 heterocycles. The third-order valence-corrected chi connectivity index (χ3v) is 3.10. The lowest BCUT2D eigenvalue weighted by molar-refractivity contribution is -0.137. The van der Waals surface area contributed by atoms with E-state index >= 15 is 0 Å². The van der Waals surface area contributed by atoms with E-state index in [-0.39, 0.29) is 12.5 Å². The molecule has 0 bridgehead atoms. The van der Waals surface area contributed by atoms with Crippen molar-refractivity contribution in [3.05, 3.63) is 35.9 Å². The Morgan fingerprint density at radius 3 is 2.47 bits per heavy atom. The van der Waals surface area contributed by atoms with Crippen molar-refractivity contribution in [2.45, 2.75) is 25.8 Å². The van der Waals surface area contributed by atoms with E-state index in [2.05, 4.69) is 6.92 Å². The monoisotopic (exact) mass is 280 g/mol. The molecular weight excluding hydrogens is 260 g/mol. The molecule has 0 aliphatic heterocycles. The van der Waals surface area contributed by atoms with Crippen LogP contribution in [0.2, 0.25) is 0 Å². The molecule has 0 saturated carbocycles. The van der Waals surface area contributed by atoms with Crippen LogP contribution in [0.3, 0.4) is 0 Å². The fourth-order valence-corrected chi connectivity index (χ4v) is 2.37. The van der Waals surface area contributed by atoms with Gasteiger partial charge in [-0.25, -0.2) is 0 Å². The first kappa shape index (κ1) is 15.6. The van der Waals surface area contributed by atoms with E-state index in [0.717, 1.165) is 18.5 Å². The summed E-state index contributed by atoms with van der Waals surface area (Å²) in [5.41, 5.74) is 6.86. The van der Waals surface area contributed by atoms with Crippen LogP contribution >= 0.6 is 12.2 Å². The molecule has 0 radical (unpaired) electrons. The van der Waals surface area contributed by atoms with Crippen molar-refractivity contribution in [1.82, 2.24) is 4.90 Å². The van der Waals surface area contributed by atoms with Gasteiger partial charge in [-0.15, -0.1) is 0 Å². The van der Waals surface area contributed by atoms with E-state index < -0.39 is 5.97 Å². The number of carboxylic acids is 1. The third-order valence-electron chi connectivity index (χ3n) is 2.87. The van der Waals surface area contributed by atoms with Crippen molar-refractivity contribution >= 4 is 23.2 Å². The average molecular weight is 280 g/mol. The van der Waals surface area contributed by atoms with Gasteiger partial charge in [0.15, 0.2) is 0 Å². The summed E-state index contributed by atoms with van der Waals surface area (Å²) in [5, 5.41) is 8.83. The van der Waals surface area contributed by atoms with Crippen molar-refractivity contribution in [3.63, 3.8) is 0 Å². The standard InChI is InChI=1S/C14H20N2O2S/c1-2-9-16(10-8-12(17)18)13(14(15)19)11-6-4-3-5-7-11/h3-7,13H,2,8-10H2,1H3,(H2,15,19)(H,17,18). The minimum absolute atomic E-state index is 0.0892. The SMILES string of the molecule is CCCN(CCC(=O)O)C(C(N)=S)c1ccccc1. The maximum atomic E-state index is 10.7. The lowest BCUT2D eigenvalue weighted by Crippen LogP contribution is -2.38. The van der Waals surface area contributed by atoms with Crippen LogP contribution in [0.4, 0.5) is 0 Å². The van der Waals surface area contributed by atoms with E-state index in [1.165, 1.54) is 0 Å². The number of aliphatic carboxylic acids is 1. The normalized spacial score (nSPS) is 12.3. The first-order valence-corrected chi connectivity index (χ1v) is 6.77. The van der Waals surface area contributed by atoms with Crippen molar-refractivity contribution in [3.8, 4) is 0 Å². The minimum Gasteiger partial charge on any atom is -0.481 e. The van der Waals surface area contributed by atoms with Crippen LogP contribution in [0.5, 0.6) is 0 Å². The van der Waals surface area contributed by atoms with Crippen LogP contribution < -0.4 is 5.73 Å². The van der Waals surface area contributed by atoms with Crippen LogP contribution in [0.15, 0.2) is 30.3 Å². The fourth-order valence-electron chi connectivity index (χ4n) is 2.09. The lowest BCUT2D eigenvalue weighted by Gasteiger charge is -2.30. The van der Waals surface area contributed by atoms with Gasteiger partial charge in [-0.3, -0.25) is 9.69 Å². The van der Waals surface area contributed by atoms with Gasteiger partial charge >= 0.3 is 5.97 Å². The molecule has 1 rings (SSSR count). The second-order valence-electron chi connectivity index (χ2n) is 4.40. The molecule has 0 aliphatic rings. The van der Waals surface area contributed by atoms with Crippen LogP contribution in [-0.2, 0) is 4.79 Å². The molecule has 0 amide bonds. The third kappa shape index (κ3) is 4.96. The first-order valence-electron chi connectivity index (χ1n) is 6.36. The number of carbonyl (C=O) groups is 1. The number of nitrogens with two attached hydrogens (primary N) is 1. The zero-order valence-corrected chi connectivity index (χ0v) is 11.9. The van der Waals surface area contributed by atoms with Crippen LogP contribution in [-0.4, -0.2) is 34.1 Å². The quantitative estimate of drug-likeness (QED) is 0.715. The topological polar surface area (TPSA) is 66.6 Å². The number of hydrogen-bond acceptors (Lipinski definition) is 3. The molecule has 19 heavy (non-hydrogen) atoms. The number of hydrogen-bond donors (Lipinski definition) is 2. The number of benzene rings is 1. The Kier molecular flexibility index (Phi) is 6.45. The molecule has 1 unspecified atom stereocenters. The van der Waals surface area contributed by atoms with Crippen LogP contribution in [0.1, 0.15) is 31.4 Å². The first-order chi connectivity index (χ1) is 9.06. The molecule has 104 valence electrons. The highest BCUT2D eigenvalue weighted by Crippen LogP contribution is 2.21. The number of thiocarbonyl (C=S) groups is 1. The van der Waals surface area contributed by atoms with Gasteiger partial charge in [0, 0.05) is 6.54 Å². The second-order valence-corrected chi connectivity index (χ2v) is 4.87. The summed E-state index contributed by atoms with van der Waals surface area (Å²) in [5.74, 6) is -0.809. The zero-order valence-electron chi connectivity index (χ0n) is 11.1. The summed E-state index contributed by atoms with van der Waals surface area (Å²) < 4.78 is 0. The summed E-state index contributed by atoms with van der Waals surface area (Å²) >= 11 is 5.16. The second kappa shape index (κ2) is 7.86. The van der Waals surface area contributed by atoms with Gasteiger partial charge in [0.2, 0.25) is 0 Å².